The van der Waals surface area contributed by atoms with E-state index in [2.05, 4.69) is 36.2 Å². The van der Waals surface area contributed by atoms with Crippen LogP contribution in [0.1, 0.15) is 18.5 Å². The maximum absolute atomic E-state index is 12.4. The number of piperidine rings is 1. The monoisotopic (exact) mass is 328 g/mol. The Labute approximate surface area is 137 Å². The van der Waals surface area contributed by atoms with Gasteiger partial charge in [0.25, 0.3) is 5.91 Å². The van der Waals surface area contributed by atoms with Crippen molar-refractivity contribution in [2.24, 2.45) is 0 Å². The number of rotatable bonds is 3. The molecular formula is C14H16N8O2. The fourth-order valence-electron chi connectivity index (χ4n) is 3.35. The van der Waals surface area contributed by atoms with Crippen molar-refractivity contribution in [3.05, 3.63) is 24.0 Å². The van der Waals surface area contributed by atoms with Crippen LogP contribution in [-0.4, -0.2) is 61.1 Å². The molecule has 0 aliphatic carbocycles. The molecule has 3 amide bonds. The number of aromatic amines is 1. The summed E-state index contributed by atoms with van der Waals surface area (Å²) in [4.78, 5) is 30.7. The molecule has 2 aromatic heterocycles. The SMILES string of the molecule is O=C1NC(=O)C2(CCNCC2)N1Cc1ncccc1-c1nn[nH]n1. The number of carbonyl (C=O) groups is 2. The third-order valence-electron chi connectivity index (χ3n) is 4.62. The molecule has 0 bridgehead atoms. The lowest BCUT2D eigenvalue weighted by atomic mass is 9.86. The van der Waals surface area contributed by atoms with Crippen molar-refractivity contribution in [2.75, 3.05) is 13.1 Å². The van der Waals surface area contributed by atoms with E-state index >= 15 is 0 Å². The predicted octanol–water partition coefficient (Wildman–Crippen LogP) is -0.564. The Bertz CT molecular complexity index is 769. The third kappa shape index (κ3) is 2.22. The lowest BCUT2D eigenvalue weighted by Gasteiger charge is -2.38. The molecule has 24 heavy (non-hydrogen) atoms. The molecule has 2 aliphatic rings. The zero-order chi connectivity index (χ0) is 16.6. The van der Waals surface area contributed by atoms with Crippen molar-refractivity contribution in [1.29, 1.82) is 0 Å². The summed E-state index contributed by atoms with van der Waals surface area (Å²) >= 11 is 0. The minimum absolute atomic E-state index is 0.211. The fraction of sp³-hybridized carbons (Fsp3) is 0.429. The zero-order valence-corrected chi connectivity index (χ0v) is 12.8. The van der Waals surface area contributed by atoms with Gasteiger partial charge in [0.15, 0.2) is 0 Å². The van der Waals surface area contributed by atoms with Crippen molar-refractivity contribution in [3.63, 3.8) is 0 Å². The average Bonchev–Trinajstić information content (AvgIpc) is 3.21. The van der Waals surface area contributed by atoms with Gasteiger partial charge in [0.2, 0.25) is 5.82 Å². The maximum Gasteiger partial charge on any atom is 0.325 e. The van der Waals surface area contributed by atoms with Gasteiger partial charge in [-0.2, -0.15) is 5.21 Å². The number of urea groups is 1. The van der Waals surface area contributed by atoms with Crippen molar-refractivity contribution >= 4 is 11.9 Å². The molecule has 0 aromatic carbocycles. The summed E-state index contributed by atoms with van der Waals surface area (Å²) in [5.74, 6) is 0.175. The number of aromatic nitrogens is 5. The van der Waals surface area contributed by atoms with E-state index in [1.807, 2.05) is 6.07 Å². The lowest BCUT2D eigenvalue weighted by Crippen LogP contribution is -2.55. The number of imide groups is 1. The van der Waals surface area contributed by atoms with Crippen LogP contribution in [0.2, 0.25) is 0 Å². The van der Waals surface area contributed by atoms with Crippen molar-refractivity contribution in [2.45, 2.75) is 24.9 Å². The number of pyridine rings is 1. The minimum atomic E-state index is -0.811. The van der Waals surface area contributed by atoms with E-state index in [-0.39, 0.29) is 18.5 Å². The van der Waals surface area contributed by atoms with Gasteiger partial charge in [-0.05, 0) is 43.3 Å². The smallest absolute Gasteiger partial charge is 0.317 e. The highest BCUT2D eigenvalue weighted by Crippen LogP contribution is 2.33. The van der Waals surface area contributed by atoms with E-state index in [0.29, 0.717) is 43.0 Å². The second-order valence-electron chi connectivity index (χ2n) is 5.86. The molecular weight excluding hydrogens is 312 g/mol. The van der Waals surface area contributed by atoms with Crippen molar-refractivity contribution in [3.8, 4) is 11.4 Å². The normalized spacial score (nSPS) is 19.8. The standard InChI is InChI=1S/C14H16N8O2/c23-12-14(3-6-15-7-4-14)22(13(24)17-12)8-10-9(2-1-5-16-10)11-18-20-21-19-11/h1-2,5,15H,3-4,6-8H2,(H,17,23,24)(H,18,19,20,21). The summed E-state index contributed by atoms with van der Waals surface area (Å²) in [5.41, 5.74) is 0.498. The Hall–Kier alpha value is -2.88. The van der Waals surface area contributed by atoms with Crippen LogP contribution < -0.4 is 10.6 Å². The molecule has 4 rings (SSSR count). The molecule has 0 saturated carbocycles. The molecule has 10 heteroatoms. The number of nitrogens with one attached hydrogen (secondary N) is 3. The Balaban J connectivity index is 1.70. The number of carbonyl (C=O) groups excluding carboxylic acids is 2. The van der Waals surface area contributed by atoms with E-state index in [4.69, 9.17) is 0 Å². The molecule has 124 valence electrons. The molecule has 2 aliphatic heterocycles. The summed E-state index contributed by atoms with van der Waals surface area (Å²) in [7, 11) is 0. The number of hydrogen-bond donors (Lipinski definition) is 3. The Morgan fingerprint density at radius 3 is 2.83 bits per heavy atom. The van der Waals surface area contributed by atoms with Crippen molar-refractivity contribution in [1.82, 2.24) is 41.1 Å². The van der Waals surface area contributed by atoms with Crippen LogP contribution in [0.5, 0.6) is 0 Å². The van der Waals surface area contributed by atoms with Gasteiger partial charge in [-0.1, -0.05) is 0 Å². The summed E-state index contributed by atoms with van der Waals surface area (Å²) in [6.45, 7) is 1.59. The van der Waals surface area contributed by atoms with Gasteiger partial charge in [0, 0.05) is 11.8 Å². The van der Waals surface area contributed by atoms with Crippen LogP contribution in [0.3, 0.4) is 0 Å². The second kappa shape index (κ2) is 5.64. The fourth-order valence-corrected chi connectivity index (χ4v) is 3.35. The minimum Gasteiger partial charge on any atom is -0.317 e. The molecule has 3 N–H and O–H groups in total. The van der Waals surface area contributed by atoms with Crippen LogP contribution >= 0.6 is 0 Å². The summed E-state index contributed by atoms with van der Waals surface area (Å²) < 4.78 is 0. The van der Waals surface area contributed by atoms with Gasteiger partial charge in [-0.15, -0.1) is 10.2 Å². The number of tetrazole rings is 1. The highest BCUT2D eigenvalue weighted by molar-refractivity contribution is 6.07. The quantitative estimate of drug-likeness (QED) is 0.644. The molecule has 1 spiro atoms. The highest BCUT2D eigenvalue weighted by atomic mass is 16.2. The largest absolute Gasteiger partial charge is 0.325 e. The Morgan fingerprint density at radius 1 is 1.25 bits per heavy atom. The number of nitrogens with zero attached hydrogens (tertiary/aromatic N) is 5. The van der Waals surface area contributed by atoms with Crippen molar-refractivity contribution < 1.29 is 9.59 Å². The van der Waals surface area contributed by atoms with E-state index < -0.39 is 5.54 Å². The van der Waals surface area contributed by atoms with E-state index in [0.717, 1.165) is 0 Å². The first-order chi connectivity index (χ1) is 11.7. The zero-order valence-electron chi connectivity index (χ0n) is 12.8. The van der Waals surface area contributed by atoms with Gasteiger partial charge < -0.3 is 10.2 Å². The Morgan fingerprint density at radius 2 is 2.08 bits per heavy atom. The number of hydrogen-bond acceptors (Lipinski definition) is 7. The van der Waals surface area contributed by atoms with E-state index in [1.54, 1.807) is 17.2 Å². The second-order valence-corrected chi connectivity index (χ2v) is 5.86. The van der Waals surface area contributed by atoms with Crippen LogP contribution in [0.25, 0.3) is 11.4 Å². The molecule has 10 nitrogen and oxygen atoms in total. The first-order valence-corrected chi connectivity index (χ1v) is 7.72. The molecule has 0 unspecified atom stereocenters. The number of amides is 3. The summed E-state index contributed by atoms with van der Waals surface area (Å²) in [6, 6.07) is 3.20. The van der Waals surface area contributed by atoms with Crippen LogP contribution in [-0.2, 0) is 11.3 Å². The summed E-state index contributed by atoms with van der Waals surface area (Å²) in [5, 5.41) is 19.6. The van der Waals surface area contributed by atoms with Gasteiger partial charge in [0.05, 0.1) is 12.2 Å². The van der Waals surface area contributed by atoms with Crippen LogP contribution in [0.4, 0.5) is 4.79 Å². The van der Waals surface area contributed by atoms with Gasteiger partial charge in [-0.25, -0.2) is 4.79 Å². The van der Waals surface area contributed by atoms with E-state index in [1.165, 1.54) is 0 Å². The topological polar surface area (TPSA) is 129 Å². The summed E-state index contributed by atoms with van der Waals surface area (Å²) in [6.07, 6.45) is 2.80. The molecule has 2 aromatic rings. The Kier molecular flexibility index (Phi) is 3.45. The first kappa shape index (κ1) is 14.7. The lowest BCUT2D eigenvalue weighted by molar-refractivity contribution is -0.128. The van der Waals surface area contributed by atoms with Gasteiger partial charge in [-0.3, -0.25) is 15.1 Å². The average molecular weight is 328 g/mol. The maximum atomic E-state index is 12.4. The molecule has 2 fully saturated rings. The molecule has 4 heterocycles. The molecule has 0 radical (unpaired) electrons. The molecule has 2 saturated heterocycles. The first-order valence-electron chi connectivity index (χ1n) is 7.72. The third-order valence-corrected chi connectivity index (χ3v) is 4.62. The van der Waals surface area contributed by atoms with Crippen LogP contribution in [0, 0.1) is 0 Å². The van der Waals surface area contributed by atoms with E-state index in [9.17, 15) is 9.59 Å². The highest BCUT2D eigenvalue weighted by Gasteiger charge is 2.53. The molecule has 0 atom stereocenters. The number of H-pyrrole nitrogens is 1. The van der Waals surface area contributed by atoms with Crippen LogP contribution in [0.15, 0.2) is 18.3 Å². The van der Waals surface area contributed by atoms with Gasteiger partial charge >= 0.3 is 6.03 Å². The van der Waals surface area contributed by atoms with Gasteiger partial charge in [0.1, 0.15) is 5.54 Å². The predicted molar refractivity (Wildman–Crippen MR) is 81.3 cm³/mol.